The van der Waals surface area contributed by atoms with Crippen LogP contribution < -0.4 is 14.9 Å². The molecule has 0 heterocycles. The number of phenolic OH excluding ortho intramolecular Hbond substituents is 1. The average molecular weight is 418 g/mol. The Kier molecular flexibility index (Phi) is 6.74. The van der Waals surface area contributed by atoms with E-state index in [1.54, 1.807) is 48.5 Å². The summed E-state index contributed by atoms with van der Waals surface area (Å²) in [6.45, 7) is 1.24. The normalized spacial score (nSPS) is 10.5. The topological polar surface area (TPSA) is 114 Å². The lowest BCUT2D eigenvalue weighted by Gasteiger charge is -2.08. The van der Waals surface area contributed by atoms with Crippen LogP contribution in [0.5, 0.6) is 17.2 Å². The van der Waals surface area contributed by atoms with Gasteiger partial charge >= 0.3 is 11.9 Å². The van der Waals surface area contributed by atoms with Crippen molar-refractivity contribution < 1.29 is 29.0 Å². The zero-order valence-electron chi connectivity index (χ0n) is 16.4. The SMILES string of the molecule is CC(=O)Oc1ccccc1C(=O)Oc1ccc(/C=N/NC(=O)c2ccccc2O)cc1. The molecule has 0 atom stereocenters. The third kappa shape index (κ3) is 5.77. The molecule has 3 aromatic carbocycles. The second kappa shape index (κ2) is 9.84. The Labute approximate surface area is 177 Å². The van der Waals surface area contributed by atoms with E-state index in [4.69, 9.17) is 9.47 Å². The van der Waals surface area contributed by atoms with Crippen molar-refractivity contribution in [3.63, 3.8) is 0 Å². The second-order valence-corrected chi connectivity index (χ2v) is 6.26. The van der Waals surface area contributed by atoms with E-state index < -0.39 is 17.8 Å². The summed E-state index contributed by atoms with van der Waals surface area (Å²) in [4.78, 5) is 35.6. The van der Waals surface area contributed by atoms with Crippen LogP contribution in [-0.4, -0.2) is 29.2 Å². The van der Waals surface area contributed by atoms with Gasteiger partial charge in [0.05, 0.1) is 11.8 Å². The predicted molar refractivity (Wildman–Crippen MR) is 112 cm³/mol. The summed E-state index contributed by atoms with van der Waals surface area (Å²) < 4.78 is 10.3. The van der Waals surface area contributed by atoms with E-state index >= 15 is 0 Å². The minimum Gasteiger partial charge on any atom is -0.507 e. The summed E-state index contributed by atoms with van der Waals surface area (Å²) in [5.74, 6) is -1.52. The molecule has 0 aliphatic carbocycles. The molecule has 3 aromatic rings. The Morgan fingerprint density at radius 2 is 1.52 bits per heavy atom. The molecule has 0 aliphatic heterocycles. The van der Waals surface area contributed by atoms with Gasteiger partial charge in [-0.05, 0) is 54.1 Å². The minimum absolute atomic E-state index is 0.107. The highest BCUT2D eigenvalue weighted by Gasteiger charge is 2.15. The van der Waals surface area contributed by atoms with Gasteiger partial charge in [-0.2, -0.15) is 5.10 Å². The number of benzene rings is 3. The van der Waals surface area contributed by atoms with Gasteiger partial charge in [-0.25, -0.2) is 10.2 Å². The van der Waals surface area contributed by atoms with E-state index in [1.165, 1.54) is 37.4 Å². The van der Waals surface area contributed by atoms with Crippen LogP contribution in [0, 0.1) is 0 Å². The summed E-state index contributed by atoms with van der Waals surface area (Å²) in [7, 11) is 0. The molecule has 0 fully saturated rings. The molecule has 0 bridgehead atoms. The van der Waals surface area contributed by atoms with E-state index in [0.29, 0.717) is 5.56 Å². The molecule has 0 spiro atoms. The van der Waals surface area contributed by atoms with Crippen molar-refractivity contribution in [2.75, 3.05) is 0 Å². The van der Waals surface area contributed by atoms with Crippen LogP contribution in [0.4, 0.5) is 0 Å². The molecule has 0 aromatic heterocycles. The molecule has 0 unspecified atom stereocenters. The van der Waals surface area contributed by atoms with Gasteiger partial charge in [0.1, 0.15) is 22.8 Å². The van der Waals surface area contributed by atoms with Gasteiger partial charge < -0.3 is 14.6 Å². The first-order chi connectivity index (χ1) is 14.9. The van der Waals surface area contributed by atoms with Gasteiger partial charge in [0.25, 0.3) is 5.91 Å². The lowest BCUT2D eigenvalue weighted by atomic mass is 10.2. The third-order valence-electron chi connectivity index (χ3n) is 3.98. The van der Waals surface area contributed by atoms with Crippen molar-refractivity contribution >= 4 is 24.1 Å². The first kappa shape index (κ1) is 21.3. The summed E-state index contributed by atoms with van der Waals surface area (Å²) in [6, 6.07) is 18.8. The van der Waals surface area contributed by atoms with Gasteiger partial charge in [0, 0.05) is 6.92 Å². The highest BCUT2D eigenvalue weighted by molar-refractivity contribution is 5.97. The van der Waals surface area contributed by atoms with Crippen LogP contribution in [0.15, 0.2) is 77.9 Å². The van der Waals surface area contributed by atoms with Crippen molar-refractivity contribution in [1.29, 1.82) is 0 Å². The van der Waals surface area contributed by atoms with E-state index in [1.807, 2.05) is 0 Å². The van der Waals surface area contributed by atoms with Crippen LogP contribution in [-0.2, 0) is 4.79 Å². The zero-order chi connectivity index (χ0) is 22.2. The molecular weight excluding hydrogens is 400 g/mol. The standard InChI is InChI=1S/C23H18N2O6/c1-15(26)30-21-9-5-3-7-19(21)23(29)31-17-12-10-16(11-13-17)14-24-25-22(28)18-6-2-4-8-20(18)27/h2-14,27H,1H3,(H,25,28)/b24-14+. The predicted octanol–water partition coefficient (Wildman–Crippen LogP) is 3.30. The number of hydrazone groups is 1. The lowest BCUT2D eigenvalue weighted by molar-refractivity contribution is -0.131. The molecule has 156 valence electrons. The number of carbonyl (C=O) groups excluding carboxylic acids is 3. The maximum Gasteiger partial charge on any atom is 0.347 e. The first-order valence-electron chi connectivity index (χ1n) is 9.15. The summed E-state index contributed by atoms with van der Waals surface area (Å²) in [5.41, 5.74) is 3.19. The second-order valence-electron chi connectivity index (χ2n) is 6.26. The third-order valence-corrected chi connectivity index (χ3v) is 3.98. The van der Waals surface area contributed by atoms with Crippen LogP contribution in [0.25, 0.3) is 0 Å². The van der Waals surface area contributed by atoms with Crippen molar-refractivity contribution in [2.24, 2.45) is 5.10 Å². The van der Waals surface area contributed by atoms with E-state index in [9.17, 15) is 19.5 Å². The Bertz CT molecular complexity index is 1140. The Morgan fingerprint density at radius 3 is 2.19 bits per heavy atom. The molecule has 0 radical (unpaired) electrons. The van der Waals surface area contributed by atoms with Gasteiger partial charge in [-0.3, -0.25) is 9.59 Å². The Morgan fingerprint density at radius 1 is 0.871 bits per heavy atom. The van der Waals surface area contributed by atoms with Crippen molar-refractivity contribution in [3.8, 4) is 17.2 Å². The highest BCUT2D eigenvalue weighted by Crippen LogP contribution is 2.21. The van der Waals surface area contributed by atoms with Crippen LogP contribution in [0.2, 0.25) is 0 Å². The van der Waals surface area contributed by atoms with Gasteiger partial charge in [0.2, 0.25) is 0 Å². The monoisotopic (exact) mass is 418 g/mol. The largest absolute Gasteiger partial charge is 0.507 e. The number of hydrogen-bond acceptors (Lipinski definition) is 7. The number of aromatic hydroxyl groups is 1. The van der Waals surface area contributed by atoms with E-state index in [2.05, 4.69) is 10.5 Å². The number of hydrogen-bond donors (Lipinski definition) is 2. The number of esters is 2. The van der Waals surface area contributed by atoms with Gasteiger partial charge in [0.15, 0.2) is 0 Å². The van der Waals surface area contributed by atoms with Gasteiger partial charge in [-0.1, -0.05) is 24.3 Å². The molecule has 1 amide bonds. The first-order valence-corrected chi connectivity index (χ1v) is 9.15. The van der Waals surface area contributed by atoms with E-state index in [0.717, 1.165) is 0 Å². The molecule has 8 heteroatoms. The molecule has 0 aliphatic rings. The van der Waals surface area contributed by atoms with Crippen molar-refractivity contribution in [1.82, 2.24) is 5.43 Å². The van der Waals surface area contributed by atoms with Crippen LogP contribution in [0.3, 0.4) is 0 Å². The lowest BCUT2D eigenvalue weighted by Crippen LogP contribution is -2.17. The number of nitrogens with zero attached hydrogens (tertiary/aromatic N) is 1. The number of para-hydroxylation sites is 2. The Hall–Kier alpha value is -4.46. The number of phenols is 1. The minimum atomic E-state index is -0.673. The number of amides is 1. The average Bonchev–Trinajstić information content (AvgIpc) is 2.75. The fraction of sp³-hybridized carbons (Fsp3) is 0.0435. The smallest absolute Gasteiger partial charge is 0.347 e. The fourth-order valence-corrected chi connectivity index (χ4v) is 2.55. The zero-order valence-corrected chi connectivity index (χ0v) is 16.4. The quantitative estimate of drug-likeness (QED) is 0.275. The van der Waals surface area contributed by atoms with Gasteiger partial charge in [-0.15, -0.1) is 0 Å². The van der Waals surface area contributed by atoms with Crippen LogP contribution in [0.1, 0.15) is 33.2 Å². The number of nitrogens with one attached hydrogen (secondary N) is 1. The Balaban J connectivity index is 1.61. The summed E-state index contributed by atoms with van der Waals surface area (Å²) in [6.07, 6.45) is 1.40. The molecule has 3 rings (SSSR count). The molecule has 2 N–H and O–H groups in total. The highest BCUT2D eigenvalue weighted by atomic mass is 16.5. The molecule has 8 nitrogen and oxygen atoms in total. The maximum absolute atomic E-state index is 12.4. The molecule has 0 saturated heterocycles. The fourth-order valence-electron chi connectivity index (χ4n) is 2.55. The summed E-state index contributed by atoms with van der Waals surface area (Å²) >= 11 is 0. The van der Waals surface area contributed by atoms with Crippen LogP contribution >= 0.6 is 0 Å². The number of carbonyl (C=O) groups is 3. The summed E-state index contributed by atoms with van der Waals surface area (Å²) in [5, 5.41) is 13.5. The van der Waals surface area contributed by atoms with E-state index in [-0.39, 0.29) is 28.4 Å². The maximum atomic E-state index is 12.4. The number of rotatable bonds is 6. The van der Waals surface area contributed by atoms with Crippen molar-refractivity contribution in [3.05, 3.63) is 89.5 Å². The number of ether oxygens (including phenoxy) is 2. The van der Waals surface area contributed by atoms with Crippen molar-refractivity contribution in [2.45, 2.75) is 6.92 Å². The molecule has 0 saturated carbocycles. The molecular formula is C23H18N2O6. The molecule has 31 heavy (non-hydrogen) atoms.